The lowest BCUT2D eigenvalue weighted by atomic mass is 9.79. The SMILES string of the molecule is CNC(Cc1ccccc1Cl)C1CCOC2(CCSC2)C1. The highest BCUT2D eigenvalue weighted by Crippen LogP contribution is 2.41. The Balaban J connectivity index is 1.69. The zero-order valence-corrected chi connectivity index (χ0v) is 14.2. The van der Waals surface area contributed by atoms with Gasteiger partial charge in [-0.25, -0.2) is 0 Å². The van der Waals surface area contributed by atoms with Gasteiger partial charge in [-0.15, -0.1) is 0 Å². The molecular formula is C17H24ClNOS. The van der Waals surface area contributed by atoms with Gasteiger partial charge in [-0.05, 0) is 56.0 Å². The van der Waals surface area contributed by atoms with E-state index in [2.05, 4.69) is 24.5 Å². The third-order valence-electron chi connectivity index (χ3n) is 4.94. The van der Waals surface area contributed by atoms with Crippen LogP contribution in [0.25, 0.3) is 0 Å². The van der Waals surface area contributed by atoms with Gasteiger partial charge < -0.3 is 10.1 Å². The molecule has 0 bridgehead atoms. The first-order valence-electron chi connectivity index (χ1n) is 7.85. The van der Waals surface area contributed by atoms with Gasteiger partial charge in [-0.2, -0.15) is 11.8 Å². The lowest BCUT2D eigenvalue weighted by Gasteiger charge is -2.41. The van der Waals surface area contributed by atoms with Crippen LogP contribution in [0.1, 0.15) is 24.8 Å². The fourth-order valence-corrected chi connectivity index (χ4v) is 5.27. The van der Waals surface area contributed by atoms with Crippen molar-refractivity contribution < 1.29 is 4.74 Å². The van der Waals surface area contributed by atoms with Crippen molar-refractivity contribution in [1.29, 1.82) is 0 Å². The molecule has 0 amide bonds. The lowest BCUT2D eigenvalue weighted by Crippen LogP contribution is -2.47. The number of rotatable bonds is 4. The predicted octanol–water partition coefficient (Wildman–Crippen LogP) is 3.77. The van der Waals surface area contributed by atoms with Gasteiger partial charge >= 0.3 is 0 Å². The molecule has 2 heterocycles. The minimum Gasteiger partial charge on any atom is -0.374 e. The van der Waals surface area contributed by atoms with E-state index in [9.17, 15) is 0 Å². The Kier molecular flexibility index (Phi) is 5.15. The minimum absolute atomic E-state index is 0.156. The number of benzene rings is 1. The Labute approximate surface area is 137 Å². The summed E-state index contributed by atoms with van der Waals surface area (Å²) in [5.41, 5.74) is 1.41. The number of likely N-dealkylation sites (N-methyl/N-ethyl adjacent to an activating group) is 1. The molecule has 2 fully saturated rings. The summed E-state index contributed by atoms with van der Waals surface area (Å²) >= 11 is 8.37. The zero-order chi connectivity index (χ0) is 14.7. The van der Waals surface area contributed by atoms with Gasteiger partial charge in [0.1, 0.15) is 0 Å². The molecule has 1 aromatic carbocycles. The Hall–Kier alpha value is -0.220. The van der Waals surface area contributed by atoms with Crippen LogP contribution < -0.4 is 5.32 Å². The average molecular weight is 326 g/mol. The van der Waals surface area contributed by atoms with Crippen LogP contribution >= 0.6 is 23.4 Å². The van der Waals surface area contributed by atoms with Crippen LogP contribution in [0.3, 0.4) is 0 Å². The highest BCUT2D eigenvalue weighted by molar-refractivity contribution is 7.99. The van der Waals surface area contributed by atoms with Gasteiger partial charge in [-0.1, -0.05) is 29.8 Å². The van der Waals surface area contributed by atoms with Crippen LogP contribution in [0.2, 0.25) is 5.02 Å². The highest BCUT2D eigenvalue weighted by atomic mass is 35.5. The molecular weight excluding hydrogens is 302 g/mol. The molecule has 2 nitrogen and oxygen atoms in total. The molecule has 116 valence electrons. The first-order valence-corrected chi connectivity index (χ1v) is 9.38. The smallest absolute Gasteiger partial charge is 0.0783 e. The molecule has 0 aromatic heterocycles. The van der Waals surface area contributed by atoms with E-state index in [0.29, 0.717) is 12.0 Å². The predicted molar refractivity (Wildman–Crippen MR) is 91.4 cm³/mol. The molecule has 2 saturated heterocycles. The van der Waals surface area contributed by atoms with Crippen molar-refractivity contribution in [2.24, 2.45) is 5.92 Å². The van der Waals surface area contributed by atoms with Crippen LogP contribution in [0, 0.1) is 5.92 Å². The maximum absolute atomic E-state index is 6.33. The Morgan fingerprint density at radius 1 is 1.48 bits per heavy atom. The van der Waals surface area contributed by atoms with Gasteiger partial charge in [0.25, 0.3) is 0 Å². The van der Waals surface area contributed by atoms with E-state index in [4.69, 9.17) is 16.3 Å². The first-order chi connectivity index (χ1) is 10.2. The summed E-state index contributed by atoms with van der Waals surface area (Å²) in [4.78, 5) is 0. The standard InChI is InChI=1S/C17H24ClNOS/c1-19-16(10-13-4-2-3-5-15(13)18)14-6-8-20-17(11-14)7-9-21-12-17/h2-5,14,16,19H,6-12H2,1H3. The molecule has 3 atom stereocenters. The lowest BCUT2D eigenvalue weighted by molar-refractivity contribution is -0.0847. The topological polar surface area (TPSA) is 21.3 Å². The monoisotopic (exact) mass is 325 g/mol. The summed E-state index contributed by atoms with van der Waals surface area (Å²) < 4.78 is 6.15. The first kappa shape index (κ1) is 15.7. The van der Waals surface area contributed by atoms with Crippen LogP contribution in [0.5, 0.6) is 0 Å². The largest absolute Gasteiger partial charge is 0.374 e. The van der Waals surface area contributed by atoms with Gasteiger partial charge in [-0.3, -0.25) is 0 Å². The quantitative estimate of drug-likeness (QED) is 0.910. The molecule has 1 spiro atoms. The maximum atomic E-state index is 6.33. The van der Waals surface area contributed by atoms with Crippen LogP contribution in [-0.4, -0.2) is 36.8 Å². The minimum atomic E-state index is 0.156. The van der Waals surface area contributed by atoms with Crippen molar-refractivity contribution >= 4 is 23.4 Å². The fraction of sp³-hybridized carbons (Fsp3) is 0.647. The number of halogens is 1. The molecule has 2 aliphatic rings. The Bertz CT molecular complexity index is 476. The van der Waals surface area contributed by atoms with Crippen LogP contribution in [0.4, 0.5) is 0 Å². The van der Waals surface area contributed by atoms with Crippen LogP contribution in [-0.2, 0) is 11.2 Å². The second-order valence-corrected chi connectivity index (χ2v) is 7.79. The Morgan fingerprint density at radius 3 is 3.05 bits per heavy atom. The van der Waals surface area contributed by atoms with Crippen molar-refractivity contribution in [2.75, 3.05) is 25.2 Å². The molecule has 0 radical (unpaired) electrons. The number of thioether (sulfide) groups is 1. The van der Waals surface area contributed by atoms with Crippen molar-refractivity contribution in [1.82, 2.24) is 5.32 Å². The normalized spacial score (nSPS) is 30.7. The summed E-state index contributed by atoms with van der Waals surface area (Å²) in [6.07, 6.45) is 4.57. The molecule has 4 heteroatoms. The molecule has 0 saturated carbocycles. The summed E-state index contributed by atoms with van der Waals surface area (Å²) in [6, 6.07) is 8.69. The van der Waals surface area contributed by atoms with E-state index in [1.165, 1.54) is 29.9 Å². The van der Waals surface area contributed by atoms with E-state index in [1.807, 2.05) is 23.9 Å². The molecule has 1 aromatic rings. The van der Waals surface area contributed by atoms with Crippen molar-refractivity contribution in [3.8, 4) is 0 Å². The summed E-state index contributed by atoms with van der Waals surface area (Å²) in [5, 5.41) is 4.42. The van der Waals surface area contributed by atoms with Gasteiger partial charge in [0.05, 0.1) is 5.60 Å². The molecule has 0 aliphatic carbocycles. The van der Waals surface area contributed by atoms with E-state index >= 15 is 0 Å². The van der Waals surface area contributed by atoms with Crippen LogP contribution in [0.15, 0.2) is 24.3 Å². The van der Waals surface area contributed by atoms with E-state index in [-0.39, 0.29) is 5.60 Å². The second kappa shape index (κ2) is 6.91. The third kappa shape index (κ3) is 3.58. The molecule has 3 unspecified atom stereocenters. The summed E-state index contributed by atoms with van der Waals surface area (Å²) in [5.74, 6) is 3.10. The number of hydrogen-bond donors (Lipinski definition) is 1. The Morgan fingerprint density at radius 2 is 2.33 bits per heavy atom. The maximum Gasteiger partial charge on any atom is 0.0783 e. The molecule has 2 aliphatic heterocycles. The highest BCUT2D eigenvalue weighted by Gasteiger charge is 2.42. The fourth-order valence-electron chi connectivity index (χ4n) is 3.68. The summed E-state index contributed by atoms with van der Waals surface area (Å²) in [7, 11) is 2.08. The van der Waals surface area contributed by atoms with E-state index < -0.39 is 0 Å². The average Bonchev–Trinajstić information content (AvgIpc) is 2.94. The van der Waals surface area contributed by atoms with Gasteiger partial charge in [0.2, 0.25) is 0 Å². The van der Waals surface area contributed by atoms with Crippen molar-refractivity contribution in [2.45, 2.75) is 37.3 Å². The second-order valence-electron chi connectivity index (χ2n) is 6.28. The molecule has 21 heavy (non-hydrogen) atoms. The third-order valence-corrected chi connectivity index (χ3v) is 6.53. The van der Waals surface area contributed by atoms with Crippen molar-refractivity contribution in [3.63, 3.8) is 0 Å². The van der Waals surface area contributed by atoms with E-state index in [1.54, 1.807) is 0 Å². The number of ether oxygens (including phenoxy) is 1. The summed E-state index contributed by atoms with van der Waals surface area (Å²) in [6.45, 7) is 0.909. The molecule has 3 rings (SSSR count). The molecule has 1 N–H and O–H groups in total. The number of hydrogen-bond acceptors (Lipinski definition) is 3. The van der Waals surface area contributed by atoms with E-state index in [0.717, 1.165) is 24.5 Å². The zero-order valence-electron chi connectivity index (χ0n) is 12.6. The number of nitrogens with one attached hydrogen (secondary N) is 1. The van der Waals surface area contributed by atoms with Gasteiger partial charge in [0, 0.05) is 23.4 Å². The van der Waals surface area contributed by atoms with Gasteiger partial charge in [0.15, 0.2) is 0 Å². The van der Waals surface area contributed by atoms with Crippen molar-refractivity contribution in [3.05, 3.63) is 34.9 Å².